The number of rotatable bonds is 2. The number of ether oxygens (including phenoxy) is 2. The summed E-state index contributed by atoms with van der Waals surface area (Å²) in [4.78, 5) is 0. The van der Waals surface area contributed by atoms with Crippen LogP contribution in [0.3, 0.4) is 0 Å². The predicted octanol–water partition coefficient (Wildman–Crippen LogP) is 5.18. The molecule has 4 nitrogen and oxygen atoms in total. The Morgan fingerprint density at radius 3 is 2.90 bits per heavy atom. The third-order valence-electron chi connectivity index (χ3n) is 10.2. The van der Waals surface area contributed by atoms with Crippen LogP contribution in [-0.2, 0) is 9.47 Å². The molecule has 4 saturated carbocycles. The lowest BCUT2D eigenvalue weighted by molar-refractivity contribution is -0.212. The minimum Gasteiger partial charge on any atom is -0.411 e. The largest absolute Gasteiger partial charge is 0.411 e. The van der Waals surface area contributed by atoms with E-state index in [0.29, 0.717) is 17.8 Å². The molecule has 0 bridgehead atoms. The molecular weight excluding hydrogens is 362 g/mol. The molecule has 29 heavy (non-hydrogen) atoms. The van der Waals surface area contributed by atoms with E-state index in [-0.39, 0.29) is 17.3 Å². The van der Waals surface area contributed by atoms with Crippen molar-refractivity contribution in [1.82, 2.24) is 0 Å². The number of nitrogens with zero attached hydrogens (tertiary/aromatic N) is 1. The van der Waals surface area contributed by atoms with Crippen LogP contribution in [0, 0.1) is 46.8 Å². The maximum absolute atomic E-state index is 9.28. The zero-order valence-electron chi connectivity index (χ0n) is 18.0. The van der Waals surface area contributed by atoms with Crippen molar-refractivity contribution < 1.29 is 14.7 Å². The zero-order valence-corrected chi connectivity index (χ0v) is 18.0. The topological polar surface area (TPSA) is 51.0 Å². The van der Waals surface area contributed by atoms with Gasteiger partial charge in [0.25, 0.3) is 0 Å². The van der Waals surface area contributed by atoms with Crippen molar-refractivity contribution in [2.45, 2.75) is 70.7 Å². The molecular formula is C25H35NO3. The molecule has 5 aliphatic carbocycles. The van der Waals surface area contributed by atoms with Gasteiger partial charge in [0.1, 0.15) is 0 Å². The van der Waals surface area contributed by atoms with Gasteiger partial charge in [-0.3, -0.25) is 0 Å². The minimum atomic E-state index is -0.163. The van der Waals surface area contributed by atoms with Crippen LogP contribution in [0.15, 0.2) is 29.0 Å². The first-order valence-electron chi connectivity index (χ1n) is 11.9. The summed E-state index contributed by atoms with van der Waals surface area (Å²) in [5, 5.41) is 12.8. The van der Waals surface area contributed by atoms with E-state index < -0.39 is 0 Å². The molecule has 0 amide bonds. The third-order valence-corrected chi connectivity index (χ3v) is 10.2. The van der Waals surface area contributed by atoms with Crippen molar-refractivity contribution in [3.05, 3.63) is 23.8 Å². The normalized spacial score (nSPS) is 56.0. The fourth-order valence-corrected chi connectivity index (χ4v) is 9.26. The Kier molecular flexibility index (Phi) is 3.98. The van der Waals surface area contributed by atoms with E-state index >= 15 is 0 Å². The van der Waals surface area contributed by atoms with Gasteiger partial charge in [0.05, 0.1) is 11.3 Å². The van der Waals surface area contributed by atoms with E-state index in [2.05, 4.69) is 37.2 Å². The molecule has 0 aromatic heterocycles. The van der Waals surface area contributed by atoms with Crippen molar-refractivity contribution in [3.63, 3.8) is 0 Å². The SMILES string of the molecule is CC[C@]12CCC3C(C1[C@H]1C[C@H]1[C@@]21C=CC(OC)O1)[C@H](C)CC1=C/C(=N/O)CC[C@@H]13. The van der Waals surface area contributed by atoms with Crippen LogP contribution in [0.4, 0.5) is 0 Å². The van der Waals surface area contributed by atoms with E-state index in [0.717, 1.165) is 35.8 Å². The number of fused-ring (bicyclic) bond motifs is 9. The summed E-state index contributed by atoms with van der Waals surface area (Å²) in [5.74, 6) is 5.36. The molecule has 1 spiro atoms. The maximum atomic E-state index is 9.28. The summed E-state index contributed by atoms with van der Waals surface area (Å²) in [6, 6.07) is 0. The van der Waals surface area contributed by atoms with Gasteiger partial charge in [-0.1, -0.05) is 30.7 Å². The van der Waals surface area contributed by atoms with Crippen LogP contribution >= 0.6 is 0 Å². The highest BCUT2D eigenvalue weighted by Crippen LogP contribution is 2.79. The summed E-state index contributed by atoms with van der Waals surface area (Å²) in [6.07, 6.45) is 15.1. The Morgan fingerprint density at radius 1 is 1.31 bits per heavy atom. The summed E-state index contributed by atoms with van der Waals surface area (Å²) >= 11 is 0. The zero-order chi connectivity index (χ0) is 20.0. The number of hydrogen-bond acceptors (Lipinski definition) is 4. The van der Waals surface area contributed by atoms with Gasteiger partial charge >= 0.3 is 0 Å². The molecule has 4 heteroatoms. The van der Waals surface area contributed by atoms with Crippen molar-refractivity contribution in [3.8, 4) is 0 Å². The predicted molar refractivity (Wildman–Crippen MR) is 112 cm³/mol. The standard InChI is InChI=1S/C25H35NO3/c1-4-24-9-7-18-17-6-5-16(26-27)12-15(17)11-14(2)22(18)23(24)19-13-20(19)25(24)10-8-21(28-3)29-25/h8,10,12,14,17-23,27H,4-7,9,11,13H2,1-3H3/b26-16+/t14-,17+,18?,19+,20-,21?,22?,23?,24+,25+/m1/s1. The lowest BCUT2D eigenvalue weighted by Gasteiger charge is -2.60. The van der Waals surface area contributed by atoms with E-state index in [1.165, 1.54) is 38.5 Å². The highest BCUT2D eigenvalue weighted by atomic mass is 16.7. The third kappa shape index (κ3) is 2.20. The molecule has 0 aromatic carbocycles. The molecule has 0 saturated heterocycles. The van der Waals surface area contributed by atoms with Crippen LogP contribution in [0.25, 0.3) is 0 Å². The lowest BCUT2D eigenvalue weighted by atomic mass is 9.46. The average molecular weight is 398 g/mol. The number of oxime groups is 1. The Bertz CT molecular complexity index is 802. The molecule has 1 heterocycles. The first kappa shape index (κ1) is 18.6. The molecule has 10 atom stereocenters. The Labute approximate surface area is 174 Å². The molecule has 1 N–H and O–H groups in total. The minimum absolute atomic E-state index is 0.0815. The van der Waals surface area contributed by atoms with Crippen LogP contribution in [0.1, 0.15) is 58.8 Å². The smallest absolute Gasteiger partial charge is 0.177 e. The van der Waals surface area contributed by atoms with Gasteiger partial charge in [0.2, 0.25) is 0 Å². The molecule has 1 aliphatic heterocycles. The highest BCUT2D eigenvalue weighted by molar-refractivity contribution is 5.96. The van der Waals surface area contributed by atoms with Gasteiger partial charge in [0.15, 0.2) is 6.29 Å². The molecule has 6 rings (SSSR count). The summed E-state index contributed by atoms with van der Waals surface area (Å²) in [7, 11) is 1.77. The quantitative estimate of drug-likeness (QED) is 0.397. The molecule has 4 fully saturated rings. The van der Waals surface area contributed by atoms with E-state index in [1.54, 1.807) is 12.7 Å². The average Bonchev–Trinajstić information content (AvgIpc) is 3.37. The van der Waals surface area contributed by atoms with E-state index in [4.69, 9.17) is 9.47 Å². The second-order valence-corrected chi connectivity index (χ2v) is 10.8. The fourth-order valence-electron chi connectivity index (χ4n) is 9.26. The molecule has 4 unspecified atom stereocenters. The number of allylic oxidation sites excluding steroid dienone is 2. The maximum Gasteiger partial charge on any atom is 0.177 e. The molecule has 0 radical (unpaired) electrons. The van der Waals surface area contributed by atoms with Gasteiger partial charge in [-0.25, -0.2) is 0 Å². The Balaban J connectivity index is 1.39. The van der Waals surface area contributed by atoms with Crippen molar-refractivity contribution in [2.75, 3.05) is 7.11 Å². The van der Waals surface area contributed by atoms with Gasteiger partial charge < -0.3 is 14.7 Å². The monoisotopic (exact) mass is 397 g/mol. The molecule has 6 aliphatic rings. The Hall–Kier alpha value is -1.13. The van der Waals surface area contributed by atoms with Crippen LogP contribution in [0.5, 0.6) is 0 Å². The van der Waals surface area contributed by atoms with Crippen molar-refractivity contribution in [2.24, 2.45) is 52.0 Å². The first-order valence-corrected chi connectivity index (χ1v) is 11.9. The lowest BCUT2D eigenvalue weighted by Crippen LogP contribution is -2.57. The summed E-state index contributed by atoms with van der Waals surface area (Å²) in [5.41, 5.74) is 2.66. The first-order chi connectivity index (χ1) is 14.1. The van der Waals surface area contributed by atoms with Crippen LogP contribution in [-0.4, -0.2) is 29.9 Å². The Morgan fingerprint density at radius 2 is 2.17 bits per heavy atom. The van der Waals surface area contributed by atoms with Crippen LogP contribution in [0.2, 0.25) is 0 Å². The second-order valence-electron chi connectivity index (χ2n) is 10.8. The van der Waals surface area contributed by atoms with Crippen molar-refractivity contribution in [1.29, 1.82) is 0 Å². The fraction of sp³-hybridized carbons (Fsp3) is 0.800. The van der Waals surface area contributed by atoms with Crippen LogP contribution < -0.4 is 0 Å². The van der Waals surface area contributed by atoms with Crippen molar-refractivity contribution >= 4 is 5.71 Å². The highest BCUT2D eigenvalue weighted by Gasteiger charge is 2.78. The number of hydrogen-bond donors (Lipinski definition) is 1. The van der Waals surface area contributed by atoms with Gasteiger partial charge in [-0.15, -0.1) is 0 Å². The number of methoxy groups -OCH3 is 1. The molecule has 0 aromatic rings. The summed E-state index contributed by atoms with van der Waals surface area (Å²) in [6.45, 7) is 4.91. The molecule has 158 valence electrons. The van der Waals surface area contributed by atoms with E-state index in [1.807, 2.05) is 0 Å². The summed E-state index contributed by atoms with van der Waals surface area (Å²) < 4.78 is 12.3. The van der Waals surface area contributed by atoms with Gasteiger partial charge in [-0.05, 0) is 98.5 Å². The second kappa shape index (κ2) is 6.20. The van der Waals surface area contributed by atoms with Gasteiger partial charge in [-0.2, -0.15) is 0 Å². The van der Waals surface area contributed by atoms with Gasteiger partial charge in [0, 0.05) is 12.5 Å². The van der Waals surface area contributed by atoms with E-state index in [9.17, 15) is 5.21 Å².